The maximum atomic E-state index is 10.8. The number of aldehydes is 1. The Morgan fingerprint density at radius 1 is 1.20 bits per heavy atom. The van der Waals surface area contributed by atoms with Crippen molar-refractivity contribution in [1.82, 2.24) is 0 Å². The Morgan fingerprint density at radius 3 is 2.47 bits per heavy atom. The molecule has 1 rings (SSSR count). The van der Waals surface area contributed by atoms with Gasteiger partial charge >= 0.3 is 0 Å². The van der Waals surface area contributed by atoms with E-state index in [1.54, 1.807) is 0 Å². The van der Waals surface area contributed by atoms with Crippen molar-refractivity contribution in [1.29, 1.82) is 0 Å². The first-order chi connectivity index (χ1) is 7.33. The second-order valence-electron chi connectivity index (χ2n) is 3.97. The lowest BCUT2D eigenvalue weighted by atomic mass is 9.86. The number of carbonyl (C=O) groups is 1. The van der Waals surface area contributed by atoms with Crippen LogP contribution in [0.15, 0.2) is 24.3 Å². The van der Waals surface area contributed by atoms with E-state index in [0.29, 0.717) is 11.8 Å². The smallest absolute Gasteiger partial charge is 0.149 e. The molecule has 0 aromatic carbocycles. The van der Waals surface area contributed by atoms with Crippen molar-refractivity contribution < 1.29 is 9.53 Å². The van der Waals surface area contributed by atoms with Crippen LogP contribution in [0, 0.1) is 11.8 Å². The second-order valence-corrected chi connectivity index (χ2v) is 3.97. The minimum absolute atomic E-state index is 0.198. The van der Waals surface area contributed by atoms with E-state index in [-0.39, 0.29) is 6.10 Å². The number of hydrogen-bond donors (Lipinski definition) is 0. The van der Waals surface area contributed by atoms with Crippen LogP contribution in [0.3, 0.4) is 0 Å². The average Bonchev–Trinajstić information content (AvgIpc) is 2.65. The van der Waals surface area contributed by atoms with Crippen LogP contribution < -0.4 is 0 Å². The number of allylic oxidation sites excluding steroid dienone is 4. The van der Waals surface area contributed by atoms with E-state index in [4.69, 9.17) is 4.74 Å². The lowest BCUT2D eigenvalue weighted by Crippen LogP contribution is -2.21. The molecule has 3 atom stereocenters. The second kappa shape index (κ2) is 6.57. The molecule has 0 saturated carbocycles. The van der Waals surface area contributed by atoms with Crippen LogP contribution in [0.1, 0.15) is 26.7 Å². The van der Waals surface area contributed by atoms with E-state index >= 15 is 0 Å². The Labute approximate surface area is 92.0 Å². The number of rotatable bonds is 5. The third-order valence-electron chi connectivity index (χ3n) is 2.98. The maximum absolute atomic E-state index is 10.8. The highest BCUT2D eigenvalue weighted by Gasteiger charge is 2.35. The molecule has 0 aromatic rings. The lowest BCUT2D eigenvalue weighted by Gasteiger charge is -2.16. The molecule has 0 aliphatic carbocycles. The summed E-state index contributed by atoms with van der Waals surface area (Å²) in [5.41, 5.74) is 0. The normalized spacial score (nSPS) is 31.7. The van der Waals surface area contributed by atoms with E-state index in [2.05, 4.69) is 18.2 Å². The van der Waals surface area contributed by atoms with Gasteiger partial charge in [0.15, 0.2) is 0 Å². The fourth-order valence-corrected chi connectivity index (χ4v) is 2.06. The van der Waals surface area contributed by atoms with Crippen LogP contribution >= 0.6 is 0 Å². The molecule has 0 spiro atoms. The number of hydrogen-bond acceptors (Lipinski definition) is 2. The van der Waals surface area contributed by atoms with Crippen molar-refractivity contribution in [2.24, 2.45) is 11.8 Å². The van der Waals surface area contributed by atoms with Gasteiger partial charge in [0.25, 0.3) is 0 Å². The fourth-order valence-electron chi connectivity index (χ4n) is 2.06. The van der Waals surface area contributed by atoms with Gasteiger partial charge in [-0.3, -0.25) is 0 Å². The van der Waals surface area contributed by atoms with Crippen molar-refractivity contribution in [3.63, 3.8) is 0 Å². The highest BCUT2D eigenvalue weighted by atomic mass is 16.5. The van der Waals surface area contributed by atoms with Crippen LogP contribution in [0.2, 0.25) is 0 Å². The Kier molecular flexibility index (Phi) is 5.33. The zero-order chi connectivity index (χ0) is 11.1. The quantitative estimate of drug-likeness (QED) is 0.513. The van der Waals surface area contributed by atoms with E-state index in [9.17, 15) is 4.79 Å². The van der Waals surface area contributed by atoms with E-state index in [0.717, 1.165) is 25.7 Å². The van der Waals surface area contributed by atoms with Gasteiger partial charge in [0.05, 0.1) is 6.61 Å². The van der Waals surface area contributed by atoms with E-state index < -0.39 is 0 Å². The molecule has 1 fully saturated rings. The molecule has 0 N–H and O–H groups in total. The minimum atomic E-state index is -0.198. The Morgan fingerprint density at radius 2 is 1.87 bits per heavy atom. The molecule has 2 nitrogen and oxygen atoms in total. The zero-order valence-electron chi connectivity index (χ0n) is 9.56. The predicted octanol–water partition coefficient (Wildman–Crippen LogP) is 2.75. The molecule has 1 aliphatic rings. The standard InChI is InChI=1S/C13H20O2/c1-3-5-7-11-10-15-13(9-14)12(11)8-6-4-2/h3-6,9,11-13H,7-8,10H2,1-2H3/b5-3+,6-4+. The SMILES string of the molecule is C/C=C/CC1COC(C=O)C1C/C=C/C. The first-order valence-corrected chi connectivity index (χ1v) is 5.62. The molecule has 1 aliphatic heterocycles. The molecule has 0 amide bonds. The highest BCUT2D eigenvalue weighted by Crippen LogP contribution is 2.32. The molecule has 0 bridgehead atoms. The third-order valence-corrected chi connectivity index (χ3v) is 2.98. The van der Waals surface area contributed by atoms with Crippen molar-refractivity contribution >= 4 is 6.29 Å². The monoisotopic (exact) mass is 208 g/mol. The molecule has 0 radical (unpaired) electrons. The third kappa shape index (κ3) is 3.31. The van der Waals surface area contributed by atoms with Crippen LogP contribution in [0.25, 0.3) is 0 Å². The topological polar surface area (TPSA) is 26.3 Å². The highest BCUT2D eigenvalue weighted by molar-refractivity contribution is 5.57. The largest absolute Gasteiger partial charge is 0.370 e. The van der Waals surface area contributed by atoms with Crippen molar-refractivity contribution in [3.8, 4) is 0 Å². The van der Waals surface area contributed by atoms with Crippen molar-refractivity contribution in [2.75, 3.05) is 6.61 Å². The summed E-state index contributed by atoms with van der Waals surface area (Å²) in [7, 11) is 0. The summed E-state index contributed by atoms with van der Waals surface area (Å²) >= 11 is 0. The molecule has 2 heteroatoms. The Bertz CT molecular complexity index is 243. The molecule has 3 unspecified atom stereocenters. The molecule has 1 heterocycles. The van der Waals surface area contributed by atoms with Gasteiger partial charge in [0.1, 0.15) is 12.4 Å². The van der Waals surface area contributed by atoms with Gasteiger partial charge < -0.3 is 9.53 Å². The Balaban J connectivity index is 2.58. The predicted molar refractivity (Wildman–Crippen MR) is 61.6 cm³/mol. The van der Waals surface area contributed by atoms with Crippen molar-refractivity contribution in [2.45, 2.75) is 32.8 Å². The van der Waals surface area contributed by atoms with Gasteiger partial charge in [0.2, 0.25) is 0 Å². The van der Waals surface area contributed by atoms with Gasteiger partial charge in [-0.15, -0.1) is 0 Å². The Hall–Kier alpha value is -0.890. The summed E-state index contributed by atoms with van der Waals surface area (Å²) in [5.74, 6) is 0.850. The van der Waals surface area contributed by atoms with E-state index in [1.165, 1.54) is 0 Å². The number of ether oxygens (including phenoxy) is 1. The summed E-state index contributed by atoms with van der Waals surface area (Å²) in [6, 6.07) is 0. The first kappa shape index (κ1) is 12.2. The molecular formula is C13H20O2. The summed E-state index contributed by atoms with van der Waals surface area (Å²) < 4.78 is 5.49. The zero-order valence-corrected chi connectivity index (χ0v) is 9.56. The molecule has 84 valence electrons. The summed E-state index contributed by atoms with van der Waals surface area (Å²) in [4.78, 5) is 10.8. The number of carbonyl (C=O) groups excluding carboxylic acids is 1. The van der Waals surface area contributed by atoms with Crippen LogP contribution in [-0.4, -0.2) is 19.0 Å². The van der Waals surface area contributed by atoms with Gasteiger partial charge in [-0.25, -0.2) is 0 Å². The summed E-state index contributed by atoms with van der Waals surface area (Å²) in [6.07, 6.45) is 11.1. The fraction of sp³-hybridized carbons (Fsp3) is 0.615. The molecule has 1 saturated heterocycles. The van der Waals surface area contributed by atoms with Gasteiger partial charge in [-0.2, -0.15) is 0 Å². The first-order valence-electron chi connectivity index (χ1n) is 5.62. The molecule has 15 heavy (non-hydrogen) atoms. The molecule has 0 aromatic heterocycles. The van der Waals surface area contributed by atoms with Gasteiger partial charge in [0, 0.05) is 5.92 Å². The van der Waals surface area contributed by atoms with Crippen LogP contribution in [0.4, 0.5) is 0 Å². The van der Waals surface area contributed by atoms with Crippen LogP contribution in [-0.2, 0) is 9.53 Å². The molecular weight excluding hydrogens is 188 g/mol. The summed E-state index contributed by atoms with van der Waals surface area (Å²) in [6.45, 7) is 4.75. The van der Waals surface area contributed by atoms with Gasteiger partial charge in [-0.1, -0.05) is 24.3 Å². The van der Waals surface area contributed by atoms with Crippen LogP contribution in [0.5, 0.6) is 0 Å². The summed E-state index contributed by atoms with van der Waals surface area (Å²) in [5, 5.41) is 0. The maximum Gasteiger partial charge on any atom is 0.149 e. The lowest BCUT2D eigenvalue weighted by molar-refractivity contribution is -0.116. The van der Waals surface area contributed by atoms with Gasteiger partial charge in [-0.05, 0) is 32.6 Å². The average molecular weight is 208 g/mol. The van der Waals surface area contributed by atoms with E-state index in [1.807, 2.05) is 19.9 Å². The van der Waals surface area contributed by atoms with Crippen molar-refractivity contribution in [3.05, 3.63) is 24.3 Å². The minimum Gasteiger partial charge on any atom is -0.370 e.